The Balaban J connectivity index is 2.05. The lowest BCUT2D eigenvalue weighted by Crippen LogP contribution is -2.22. The van der Waals surface area contributed by atoms with Crippen molar-refractivity contribution in [2.45, 2.75) is 25.8 Å². The second kappa shape index (κ2) is 5.97. The van der Waals surface area contributed by atoms with Crippen molar-refractivity contribution in [2.24, 2.45) is 5.73 Å². The van der Waals surface area contributed by atoms with Crippen LogP contribution in [0.2, 0.25) is 0 Å². The van der Waals surface area contributed by atoms with E-state index < -0.39 is 0 Å². The van der Waals surface area contributed by atoms with Crippen LogP contribution in [-0.4, -0.2) is 21.0 Å². The number of rotatable bonds is 4. The van der Waals surface area contributed by atoms with Crippen LogP contribution in [0.15, 0.2) is 48.8 Å². The maximum Gasteiger partial charge on any atom is 0.178 e. The van der Waals surface area contributed by atoms with Gasteiger partial charge in [-0.15, -0.1) is 0 Å². The monoisotopic (exact) mass is 278 g/mol. The van der Waals surface area contributed by atoms with Gasteiger partial charge in [-0.1, -0.05) is 31.2 Å². The Morgan fingerprint density at radius 3 is 2.71 bits per heavy atom. The minimum atomic E-state index is 0.133. The molecule has 1 unspecified atom stereocenters. The lowest BCUT2D eigenvalue weighted by Gasteiger charge is -2.09. The molecule has 2 heterocycles. The molecule has 0 fully saturated rings. The maximum absolute atomic E-state index is 6.01. The first-order valence-corrected chi connectivity index (χ1v) is 7.19. The molecule has 0 radical (unpaired) electrons. The van der Waals surface area contributed by atoms with Crippen molar-refractivity contribution < 1.29 is 0 Å². The molecule has 4 nitrogen and oxygen atoms in total. The Hall–Kier alpha value is -2.33. The number of hydrogen-bond donors (Lipinski definition) is 1. The van der Waals surface area contributed by atoms with E-state index in [1.165, 1.54) is 0 Å². The Labute approximate surface area is 124 Å². The van der Waals surface area contributed by atoms with Crippen molar-refractivity contribution in [1.82, 2.24) is 15.0 Å². The normalized spacial score (nSPS) is 12.5. The SMILES string of the molecule is CCC(N)Cc1ccnc(-c2nccc3ccccc23)n1. The van der Waals surface area contributed by atoms with E-state index in [1.807, 2.05) is 30.3 Å². The summed E-state index contributed by atoms with van der Waals surface area (Å²) in [5.41, 5.74) is 7.79. The third-order valence-corrected chi connectivity index (χ3v) is 3.59. The molecule has 0 saturated heterocycles. The van der Waals surface area contributed by atoms with Crippen LogP contribution in [-0.2, 0) is 6.42 Å². The van der Waals surface area contributed by atoms with E-state index >= 15 is 0 Å². The molecule has 0 saturated carbocycles. The minimum absolute atomic E-state index is 0.133. The second-order valence-corrected chi connectivity index (χ2v) is 5.12. The highest BCUT2D eigenvalue weighted by molar-refractivity contribution is 5.92. The standard InChI is InChI=1S/C17H18N4/c1-2-13(18)11-14-8-10-20-17(21-14)16-15-6-4-3-5-12(15)7-9-19-16/h3-10,13H,2,11,18H2,1H3. The number of aromatic nitrogens is 3. The van der Waals surface area contributed by atoms with Gasteiger partial charge in [-0.2, -0.15) is 0 Å². The Kier molecular flexibility index (Phi) is 3.88. The van der Waals surface area contributed by atoms with Gasteiger partial charge in [-0.25, -0.2) is 9.97 Å². The van der Waals surface area contributed by atoms with E-state index in [4.69, 9.17) is 5.73 Å². The molecule has 3 aromatic rings. The van der Waals surface area contributed by atoms with Crippen LogP contribution >= 0.6 is 0 Å². The fourth-order valence-electron chi connectivity index (χ4n) is 2.33. The van der Waals surface area contributed by atoms with E-state index in [0.29, 0.717) is 5.82 Å². The minimum Gasteiger partial charge on any atom is -0.327 e. The molecule has 0 aliphatic heterocycles. The molecular weight excluding hydrogens is 260 g/mol. The number of hydrogen-bond acceptors (Lipinski definition) is 4. The smallest absolute Gasteiger partial charge is 0.178 e. The van der Waals surface area contributed by atoms with Gasteiger partial charge in [0, 0.05) is 35.9 Å². The van der Waals surface area contributed by atoms with Crippen molar-refractivity contribution in [2.75, 3.05) is 0 Å². The predicted molar refractivity (Wildman–Crippen MR) is 84.7 cm³/mol. The topological polar surface area (TPSA) is 64.7 Å². The molecule has 0 amide bonds. The van der Waals surface area contributed by atoms with Crippen LogP contribution in [0.4, 0.5) is 0 Å². The zero-order valence-electron chi connectivity index (χ0n) is 12.0. The highest BCUT2D eigenvalue weighted by Crippen LogP contribution is 2.23. The fraction of sp³-hybridized carbons (Fsp3) is 0.235. The molecule has 1 aromatic carbocycles. The first-order valence-electron chi connectivity index (χ1n) is 7.19. The first-order chi connectivity index (χ1) is 10.3. The molecule has 106 valence electrons. The van der Waals surface area contributed by atoms with Crippen LogP contribution in [0.25, 0.3) is 22.3 Å². The quantitative estimate of drug-likeness (QED) is 0.797. The Morgan fingerprint density at radius 2 is 1.86 bits per heavy atom. The summed E-state index contributed by atoms with van der Waals surface area (Å²) in [4.78, 5) is 13.5. The molecule has 0 aliphatic carbocycles. The van der Waals surface area contributed by atoms with E-state index in [2.05, 4.69) is 27.9 Å². The summed E-state index contributed by atoms with van der Waals surface area (Å²) < 4.78 is 0. The van der Waals surface area contributed by atoms with Crippen LogP contribution in [0.1, 0.15) is 19.0 Å². The van der Waals surface area contributed by atoms with Crippen LogP contribution in [0.5, 0.6) is 0 Å². The summed E-state index contributed by atoms with van der Waals surface area (Å²) in [7, 11) is 0. The van der Waals surface area contributed by atoms with Gasteiger partial charge >= 0.3 is 0 Å². The Morgan fingerprint density at radius 1 is 1.05 bits per heavy atom. The highest BCUT2D eigenvalue weighted by atomic mass is 14.9. The number of nitrogens with two attached hydrogens (primary N) is 1. The van der Waals surface area contributed by atoms with Crippen LogP contribution in [0, 0.1) is 0 Å². The molecule has 3 rings (SSSR count). The van der Waals surface area contributed by atoms with Gasteiger partial charge < -0.3 is 5.73 Å². The first kappa shape index (κ1) is 13.6. The van der Waals surface area contributed by atoms with E-state index in [-0.39, 0.29) is 6.04 Å². The number of benzene rings is 1. The van der Waals surface area contributed by atoms with E-state index in [1.54, 1.807) is 12.4 Å². The Bertz CT molecular complexity index is 749. The number of nitrogens with zero attached hydrogens (tertiary/aromatic N) is 3. The van der Waals surface area contributed by atoms with Gasteiger partial charge in [0.15, 0.2) is 5.82 Å². The average Bonchev–Trinajstić information content (AvgIpc) is 2.54. The third-order valence-electron chi connectivity index (χ3n) is 3.59. The molecule has 4 heteroatoms. The summed E-state index contributed by atoms with van der Waals surface area (Å²) in [6.45, 7) is 2.08. The summed E-state index contributed by atoms with van der Waals surface area (Å²) in [6.07, 6.45) is 5.28. The summed E-state index contributed by atoms with van der Waals surface area (Å²) in [5.74, 6) is 0.660. The predicted octanol–water partition coefficient (Wildman–Crippen LogP) is 2.97. The third kappa shape index (κ3) is 2.90. The molecular formula is C17H18N4. The van der Waals surface area contributed by atoms with Crippen molar-refractivity contribution in [3.8, 4) is 11.5 Å². The maximum atomic E-state index is 6.01. The zero-order chi connectivity index (χ0) is 14.7. The van der Waals surface area contributed by atoms with Gasteiger partial charge in [0.1, 0.15) is 5.69 Å². The summed E-state index contributed by atoms with van der Waals surface area (Å²) in [6, 6.07) is 12.2. The van der Waals surface area contributed by atoms with Crippen molar-refractivity contribution >= 4 is 10.8 Å². The molecule has 2 aromatic heterocycles. The summed E-state index contributed by atoms with van der Waals surface area (Å²) in [5, 5.41) is 2.21. The van der Waals surface area contributed by atoms with Gasteiger partial charge in [0.25, 0.3) is 0 Å². The molecule has 21 heavy (non-hydrogen) atoms. The molecule has 0 spiro atoms. The van der Waals surface area contributed by atoms with Gasteiger partial charge in [-0.3, -0.25) is 4.98 Å². The van der Waals surface area contributed by atoms with Gasteiger partial charge in [-0.05, 0) is 23.9 Å². The van der Waals surface area contributed by atoms with Gasteiger partial charge in [0.05, 0.1) is 0 Å². The van der Waals surface area contributed by atoms with Gasteiger partial charge in [0.2, 0.25) is 0 Å². The molecule has 0 aliphatic rings. The average molecular weight is 278 g/mol. The molecule has 2 N–H and O–H groups in total. The fourth-order valence-corrected chi connectivity index (χ4v) is 2.33. The highest BCUT2D eigenvalue weighted by Gasteiger charge is 2.10. The van der Waals surface area contributed by atoms with Crippen molar-refractivity contribution in [3.05, 3.63) is 54.5 Å². The molecule has 0 bridgehead atoms. The zero-order valence-corrected chi connectivity index (χ0v) is 12.0. The van der Waals surface area contributed by atoms with E-state index in [9.17, 15) is 0 Å². The van der Waals surface area contributed by atoms with Crippen LogP contribution < -0.4 is 5.73 Å². The van der Waals surface area contributed by atoms with Crippen LogP contribution in [0.3, 0.4) is 0 Å². The number of fused-ring (bicyclic) bond motifs is 1. The molecule has 1 atom stereocenters. The van der Waals surface area contributed by atoms with Crippen molar-refractivity contribution in [3.63, 3.8) is 0 Å². The lowest BCUT2D eigenvalue weighted by atomic mass is 10.1. The largest absolute Gasteiger partial charge is 0.327 e. The lowest BCUT2D eigenvalue weighted by molar-refractivity contribution is 0.636. The second-order valence-electron chi connectivity index (χ2n) is 5.12. The van der Waals surface area contributed by atoms with Crippen molar-refractivity contribution in [1.29, 1.82) is 0 Å². The summed E-state index contributed by atoms with van der Waals surface area (Å²) >= 11 is 0. The van der Waals surface area contributed by atoms with E-state index in [0.717, 1.165) is 35.0 Å². The number of pyridine rings is 1.